The smallest absolute Gasteiger partial charge is 0.159 e. The van der Waals surface area contributed by atoms with Gasteiger partial charge in [-0.05, 0) is 44.5 Å². The van der Waals surface area contributed by atoms with Crippen molar-refractivity contribution in [2.75, 3.05) is 31.1 Å². The molecule has 8 heteroatoms. The van der Waals surface area contributed by atoms with Gasteiger partial charge >= 0.3 is 0 Å². The molecular weight excluding hydrogens is 374 g/mol. The van der Waals surface area contributed by atoms with Crippen LogP contribution in [0.4, 0.5) is 14.6 Å². The highest BCUT2D eigenvalue weighted by molar-refractivity contribution is 5.45. The van der Waals surface area contributed by atoms with Crippen LogP contribution in [-0.2, 0) is 6.54 Å². The molecule has 0 unspecified atom stereocenters. The second-order valence-electron chi connectivity index (χ2n) is 7.51. The van der Waals surface area contributed by atoms with Gasteiger partial charge in [-0.1, -0.05) is 0 Å². The Balaban J connectivity index is 1.46. The number of aryl methyl sites for hydroxylation is 3. The van der Waals surface area contributed by atoms with E-state index in [0.29, 0.717) is 17.9 Å². The first-order valence-electron chi connectivity index (χ1n) is 9.69. The lowest BCUT2D eigenvalue weighted by atomic mass is 10.2. The number of benzene rings is 1. The van der Waals surface area contributed by atoms with Crippen LogP contribution in [0.3, 0.4) is 0 Å². The van der Waals surface area contributed by atoms with E-state index in [2.05, 4.69) is 24.9 Å². The molecule has 1 saturated heterocycles. The third-order valence-electron chi connectivity index (χ3n) is 5.06. The second-order valence-corrected chi connectivity index (χ2v) is 7.51. The number of piperazine rings is 1. The summed E-state index contributed by atoms with van der Waals surface area (Å²) in [5.74, 6) is 1.26. The van der Waals surface area contributed by atoms with E-state index in [1.54, 1.807) is 0 Å². The van der Waals surface area contributed by atoms with E-state index in [4.69, 9.17) is 0 Å². The standard InChI is InChI=1S/C21H24F2N6/c1-14-8-15(2)29(26-14)21-12-20(24-16(3)25-21)28-6-4-27(5-7-28)13-17-9-18(22)11-19(23)10-17/h8-12H,4-7,13H2,1-3H3. The molecule has 2 aromatic heterocycles. The molecule has 3 heterocycles. The van der Waals surface area contributed by atoms with Gasteiger partial charge in [-0.2, -0.15) is 5.10 Å². The first-order chi connectivity index (χ1) is 13.9. The van der Waals surface area contributed by atoms with Crippen LogP contribution < -0.4 is 4.90 Å². The highest BCUT2D eigenvalue weighted by atomic mass is 19.1. The molecule has 29 heavy (non-hydrogen) atoms. The zero-order valence-corrected chi connectivity index (χ0v) is 16.9. The Morgan fingerprint density at radius 1 is 0.828 bits per heavy atom. The third-order valence-corrected chi connectivity index (χ3v) is 5.06. The zero-order valence-electron chi connectivity index (χ0n) is 16.9. The third kappa shape index (κ3) is 4.42. The van der Waals surface area contributed by atoms with E-state index in [1.165, 1.54) is 12.1 Å². The van der Waals surface area contributed by atoms with E-state index in [9.17, 15) is 8.78 Å². The van der Waals surface area contributed by atoms with Gasteiger partial charge in [0.05, 0.1) is 5.69 Å². The summed E-state index contributed by atoms with van der Waals surface area (Å²) in [6.45, 7) is 9.52. The fourth-order valence-electron chi connectivity index (χ4n) is 3.76. The van der Waals surface area contributed by atoms with E-state index in [-0.39, 0.29) is 0 Å². The van der Waals surface area contributed by atoms with Crippen LogP contribution in [0.5, 0.6) is 0 Å². The van der Waals surface area contributed by atoms with Gasteiger partial charge in [-0.15, -0.1) is 0 Å². The summed E-state index contributed by atoms with van der Waals surface area (Å²) in [4.78, 5) is 13.6. The molecule has 1 fully saturated rings. The molecular formula is C21H24F2N6. The van der Waals surface area contributed by atoms with Crippen LogP contribution in [0.25, 0.3) is 5.82 Å². The van der Waals surface area contributed by atoms with Gasteiger partial charge in [-0.25, -0.2) is 23.4 Å². The van der Waals surface area contributed by atoms with E-state index >= 15 is 0 Å². The van der Waals surface area contributed by atoms with E-state index in [1.807, 2.05) is 37.6 Å². The topological polar surface area (TPSA) is 50.1 Å². The average molecular weight is 398 g/mol. The van der Waals surface area contributed by atoms with Crippen molar-refractivity contribution in [3.8, 4) is 5.82 Å². The van der Waals surface area contributed by atoms with Crippen LogP contribution in [0.2, 0.25) is 0 Å². The average Bonchev–Trinajstić information content (AvgIpc) is 2.99. The molecule has 0 aliphatic carbocycles. The molecule has 0 amide bonds. The van der Waals surface area contributed by atoms with Crippen molar-refractivity contribution in [2.24, 2.45) is 0 Å². The van der Waals surface area contributed by atoms with E-state index in [0.717, 1.165) is 55.3 Å². The molecule has 0 spiro atoms. The molecule has 0 saturated carbocycles. The quantitative estimate of drug-likeness (QED) is 0.676. The van der Waals surface area contributed by atoms with Crippen molar-refractivity contribution in [2.45, 2.75) is 27.3 Å². The highest BCUT2D eigenvalue weighted by Crippen LogP contribution is 2.20. The summed E-state index contributed by atoms with van der Waals surface area (Å²) >= 11 is 0. The lowest BCUT2D eigenvalue weighted by Crippen LogP contribution is -2.46. The van der Waals surface area contributed by atoms with Crippen LogP contribution in [0, 0.1) is 32.4 Å². The van der Waals surface area contributed by atoms with Gasteiger partial charge in [0.1, 0.15) is 23.3 Å². The fourth-order valence-corrected chi connectivity index (χ4v) is 3.76. The van der Waals surface area contributed by atoms with Crippen molar-refractivity contribution in [3.63, 3.8) is 0 Å². The number of rotatable bonds is 4. The zero-order chi connectivity index (χ0) is 20.5. The Labute approximate surface area is 168 Å². The molecule has 1 aliphatic rings. The Hall–Kier alpha value is -2.87. The molecule has 1 aromatic carbocycles. The number of halogens is 2. The predicted octanol–water partition coefficient (Wildman–Crippen LogP) is 3.19. The van der Waals surface area contributed by atoms with Crippen molar-refractivity contribution in [3.05, 3.63) is 64.7 Å². The Bertz CT molecular complexity index is 1000. The maximum absolute atomic E-state index is 13.4. The summed E-state index contributed by atoms with van der Waals surface area (Å²) in [5, 5.41) is 4.52. The first kappa shape index (κ1) is 19.4. The summed E-state index contributed by atoms with van der Waals surface area (Å²) in [6.07, 6.45) is 0. The van der Waals surface area contributed by atoms with Crippen LogP contribution in [-0.4, -0.2) is 50.8 Å². The Morgan fingerprint density at radius 3 is 2.10 bits per heavy atom. The minimum atomic E-state index is -0.535. The van der Waals surface area contributed by atoms with Crippen LogP contribution >= 0.6 is 0 Å². The van der Waals surface area contributed by atoms with Gasteiger partial charge in [0.2, 0.25) is 0 Å². The Kier molecular flexibility index (Phi) is 5.27. The molecule has 1 aliphatic heterocycles. The molecule has 0 atom stereocenters. The molecule has 3 aromatic rings. The van der Waals surface area contributed by atoms with Crippen LogP contribution in [0.1, 0.15) is 22.8 Å². The van der Waals surface area contributed by atoms with Crippen molar-refractivity contribution in [1.29, 1.82) is 0 Å². The molecule has 0 bridgehead atoms. The monoisotopic (exact) mass is 398 g/mol. The molecule has 0 radical (unpaired) electrons. The fraction of sp³-hybridized carbons (Fsp3) is 0.381. The highest BCUT2D eigenvalue weighted by Gasteiger charge is 2.20. The maximum atomic E-state index is 13.4. The maximum Gasteiger partial charge on any atom is 0.159 e. The summed E-state index contributed by atoms with van der Waals surface area (Å²) < 4.78 is 28.7. The number of aromatic nitrogens is 4. The van der Waals surface area contributed by atoms with Gasteiger partial charge in [-0.3, -0.25) is 4.90 Å². The number of hydrogen-bond donors (Lipinski definition) is 0. The second kappa shape index (κ2) is 7.87. The minimum absolute atomic E-state index is 0.530. The summed E-state index contributed by atoms with van der Waals surface area (Å²) in [6, 6.07) is 7.67. The lowest BCUT2D eigenvalue weighted by molar-refractivity contribution is 0.248. The normalized spacial score (nSPS) is 15.1. The van der Waals surface area contributed by atoms with Gasteiger partial charge in [0.15, 0.2) is 5.82 Å². The molecule has 0 N–H and O–H groups in total. The van der Waals surface area contributed by atoms with Gasteiger partial charge < -0.3 is 4.90 Å². The van der Waals surface area contributed by atoms with Crippen molar-refractivity contribution < 1.29 is 8.78 Å². The van der Waals surface area contributed by atoms with Gasteiger partial charge in [0.25, 0.3) is 0 Å². The first-order valence-corrected chi connectivity index (χ1v) is 9.69. The Morgan fingerprint density at radius 2 is 1.48 bits per heavy atom. The van der Waals surface area contributed by atoms with Crippen molar-refractivity contribution >= 4 is 5.82 Å². The number of anilines is 1. The van der Waals surface area contributed by atoms with Gasteiger partial charge in [0, 0.05) is 50.6 Å². The van der Waals surface area contributed by atoms with Crippen LogP contribution in [0.15, 0.2) is 30.3 Å². The predicted molar refractivity (Wildman–Crippen MR) is 107 cm³/mol. The van der Waals surface area contributed by atoms with E-state index < -0.39 is 11.6 Å². The summed E-state index contributed by atoms with van der Waals surface area (Å²) in [5.41, 5.74) is 2.63. The molecule has 4 rings (SSSR count). The minimum Gasteiger partial charge on any atom is -0.354 e. The molecule has 6 nitrogen and oxygen atoms in total. The summed E-state index contributed by atoms with van der Waals surface area (Å²) in [7, 11) is 0. The lowest BCUT2D eigenvalue weighted by Gasteiger charge is -2.35. The number of nitrogens with zero attached hydrogens (tertiary/aromatic N) is 6. The van der Waals surface area contributed by atoms with Crippen molar-refractivity contribution in [1.82, 2.24) is 24.6 Å². The SMILES string of the molecule is Cc1cc(C)n(-c2cc(N3CCN(Cc4cc(F)cc(F)c4)CC3)nc(C)n2)n1. The largest absolute Gasteiger partial charge is 0.354 e. The number of hydrogen-bond acceptors (Lipinski definition) is 5. The molecule has 152 valence electrons.